The highest BCUT2D eigenvalue weighted by atomic mass is 35.5. The second-order valence-electron chi connectivity index (χ2n) is 6.35. The van der Waals surface area contributed by atoms with Gasteiger partial charge in [0.05, 0.1) is 18.3 Å². The molecule has 1 aromatic heterocycles. The van der Waals surface area contributed by atoms with Crippen LogP contribution in [0.3, 0.4) is 0 Å². The Labute approximate surface area is 169 Å². The van der Waals surface area contributed by atoms with E-state index in [1.807, 2.05) is 54.3 Å². The second kappa shape index (κ2) is 9.42. The molecule has 0 aliphatic heterocycles. The minimum atomic E-state index is 0.0656. The van der Waals surface area contributed by atoms with Crippen LogP contribution in [0, 0.1) is 0 Å². The summed E-state index contributed by atoms with van der Waals surface area (Å²) in [6.07, 6.45) is 2.44. The number of oxazole rings is 1. The summed E-state index contributed by atoms with van der Waals surface area (Å²) in [4.78, 5) is 18.7. The van der Waals surface area contributed by atoms with Crippen molar-refractivity contribution in [3.8, 4) is 17.1 Å². The van der Waals surface area contributed by atoms with Crippen molar-refractivity contribution < 1.29 is 13.9 Å². The fourth-order valence-corrected chi connectivity index (χ4v) is 3.14. The summed E-state index contributed by atoms with van der Waals surface area (Å²) in [6, 6.07) is 15.2. The molecule has 146 valence electrons. The van der Waals surface area contributed by atoms with Gasteiger partial charge in [-0.25, -0.2) is 4.98 Å². The molecule has 0 atom stereocenters. The Morgan fingerprint density at radius 3 is 2.61 bits per heavy atom. The summed E-state index contributed by atoms with van der Waals surface area (Å²) < 4.78 is 10.9. The number of methoxy groups -OCH3 is 1. The molecule has 0 fully saturated rings. The highest BCUT2D eigenvalue weighted by molar-refractivity contribution is 6.33. The fraction of sp³-hybridized carbons (Fsp3) is 0.273. The van der Waals surface area contributed by atoms with E-state index < -0.39 is 0 Å². The second-order valence-corrected chi connectivity index (χ2v) is 6.76. The first-order valence-corrected chi connectivity index (χ1v) is 9.58. The first kappa shape index (κ1) is 20.0. The first-order chi connectivity index (χ1) is 13.6. The molecular weight excluding hydrogens is 376 g/mol. The molecule has 28 heavy (non-hydrogen) atoms. The van der Waals surface area contributed by atoms with Crippen molar-refractivity contribution in [1.29, 1.82) is 0 Å². The lowest BCUT2D eigenvalue weighted by molar-refractivity contribution is -0.131. The summed E-state index contributed by atoms with van der Waals surface area (Å²) in [5, 5.41) is 0.609. The van der Waals surface area contributed by atoms with E-state index in [2.05, 4.69) is 4.98 Å². The van der Waals surface area contributed by atoms with Gasteiger partial charge in [-0.3, -0.25) is 4.79 Å². The van der Waals surface area contributed by atoms with Gasteiger partial charge in [-0.2, -0.15) is 0 Å². The van der Waals surface area contributed by atoms with Gasteiger partial charge in [0.2, 0.25) is 5.91 Å². The van der Waals surface area contributed by atoms with Crippen LogP contribution in [0.5, 0.6) is 5.75 Å². The lowest BCUT2D eigenvalue weighted by Gasteiger charge is -2.21. The Morgan fingerprint density at radius 2 is 1.93 bits per heavy atom. The van der Waals surface area contributed by atoms with Gasteiger partial charge in [-0.1, -0.05) is 35.9 Å². The molecule has 0 aliphatic carbocycles. The molecule has 0 radical (unpaired) electrons. The van der Waals surface area contributed by atoms with Crippen molar-refractivity contribution in [1.82, 2.24) is 9.88 Å². The van der Waals surface area contributed by atoms with Crippen molar-refractivity contribution in [3.05, 3.63) is 71.2 Å². The molecule has 5 nitrogen and oxygen atoms in total. The van der Waals surface area contributed by atoms with Crippen LogP contribution in [0.4, 0.5) is 0 Å². The molecule has 0 N–H and O–H groups in total. The number of aryl methyl sites for hydroxylation is 1. The third kappa shape index (κ3) is 4.93. The zero-order chi connectivity index (χ0) is 19.9. The molecule has 2 aromatic carbocycles. The van der Waals surface area contributed by atoms with Gasteiger partial charge in [-0.15, -0.1) is 0 Å². The van der Waals surface area contributed by atoms with Crippen LogP contribution in [0.2, 0.25) is 5.02 Å². The number of halogens is 1. The highest BCUT2D eigenvalue weighted by Crippen LogP contribution is 2.28. The van der Waals surface area contributed by atoms with Gasteiger partial charge in [0.15, 0.2) is 11.7 Å². The Balaban J connectivity index is 1.58. The number of ether oxygens (including phenoxy) is 1. The van der Waals surface area contributed by atoms with Gasteiger partial charge < -0.3 is 14.1 Å². The number of rotatable bonds is 8. The number of hydrogen-bond donors (Lipinski definition) is 0. The van der Waals surface area contributed by atoms with Gasteiger partial charge in [0.25, 0.3) is 0 Å². The van der Waals surface area contributed by atoms with Crippen LogP contribution in [-0.2, 0) is 17.8 Å². The monoisotopic (exact) mass is 398 g/mol. The molecule has 0 spiro atoms. The molecule has 3 aromatic rings. The molecule has 0 unspecified atom stereocenters. The average molecular weight is 399 g/mol. The SMILES string of the molecule is CCN(Cc1ccc(OC)cc1)C(=O)CCc1ncc(-c2ccccc2Cl)o1. The largest absolute Gasteiger partial charge is 0.497 e. The zero-order valence-electron chi connectivity index (χ0n) is 16.0. The Kier molecular flexibility index (Phi) is 6.71. The standard InChI is InChI=1S/C22H23ClN2O3/c1-3-25(15-16-8-10-17(27-2)11-9-16)22(26)13-12-21-24-14-20(28-21)18-6-4-5-7-19(18)23/h4-11,14H,3,12-13,15H2,1-2H3. The minimum Gasteiger partial charge on any atom is -0.497 e. The number of nitrogens with zero attached hydrogens (tertiary/aromatic N) is 2. The molecule has 0 saturated carbocycles. The van der Waals surface area contributed by atoms with E-state index in [4.69, 9.17) is 20.8 Å². The van der Waals surface area contributed by atoms with Crippen molar-refractivity contribution in [2.45, 2.75) is 26.3 Å². The van der Waals surface area contributed by atoms with E-state index in [0.29, 0.717) is 42.6 Å². The molecule has 6 heteroatoms. The molecule has 0 saturated heterocycles. The predicted molar refractivity (Wildman–Crippen MR) is 109 cm³/mol. The van der Waals surface area contributed by atoms with E-state index in [0.717, 1.165) is 16.9 Å². The van der Waals surface area contributed by atoms with E-state index in [1.165, 1.54) is 0 Å². The topological polar surface area (TPSA) is 55.6 Å². The van der Waals surface area contributed by atoms with Gasteiger partial charge in [0, 0.05) is 31.5 Å². The van der Waals surface area contributed by atoms with Crippen molar-refractivity contribution in [3.63, 3.8) is 0 Å². The molecule has 0 aliphatic rings. The Hall–Kier alpha value is -2.79. The lowest BCUT2D eigenvalue weighted by atomic mass is 10.2. The molecule has 3 rings (SSSR count). The van der Waals surface area contributed by atoms with E-state index >= 15 is 0 Å². The highest BCUT2D eigenvalue weighted by Gasteiger charge is 2.15. The van der Waals surface area contributed by atoms with Crippen LogP contribution < -0.4 is 4.74 Å². The van der Waals surface area contributed by atoms with Crippen LogP contribution in [-0.4, -0.2) is 29.4 Å². The number of carbonyl (C=O) groups is 1. The number of hydrogen-bond acceptors (Lipinski definition) is 4. The average Bonchev–Trinajstić information content (AvgIpc) is 3.19. The number of benzene rings is 2. The number of carbonyl (C=O) groups excluding carboxylic acids is 1. The number of aromatic nitrogens is 1. The van der Waals surface area contributed by atoms with E-state index in [-0.39, 0.29) is 5.91 Å². The molecule has 0 bridgehead atoms. The van der Waals surface area contributed by atoms with E-state index in [1.54, 1.807) is 19.4 Å². The summed E-state index contributed by atoms with van der Waals surface area (Å²) in [7, 11) is 1.64. The Morgan fingerprint density at radius 1 is 1.18 bits per heavy atom. The maximum Gasteiger partial charge on any atom is 0.223 e. The summed E-state index contributed by atoms with van der Waals surface area (Å²) >= 11 is 6.20. The first-order valence-electron chi connectivity index (χ1n) is 9.21. The summed E-state index contributed by atoms with van der Waals surface area (Å²) in [6.45, 7) is 3.18. The van der Waals surface area contributed by atoms with Gasteiger partial charge in [-0.05, 0) is 36.8 Å². The van der Waals surface area contributed by atoms with Crippen LogP contribution >= 0.6 is 11.6 Å². The van der Waals surface area contributed by atoms with Gasteiger partial charge in [0.1, 0.15) is 5.75 Å². The predicted octanol–water partition coefficient (Wildman–Crippen LogP) is 4.98. The number of amides is 1. The lowest BCUT2D eigenvalue weighted by Crippen LogP contribution is -2.30. The molecular formula is C22H23ClN2O3. The quantitative estimate of drug-likeness (QED) is 0.536. The smallest absolute Gasteiger partial charge is 0.223 e. The van der Waals surface area contributed by atoms with Crippen LogP contribution in [0.25, 0.3) is 11.3 Å². The molecule has 1 amide bonds. The summed E-state index contributed by atoms with van der Waals surface area (Å²) in [5.74, 6) is 2.01. The Bertz CT molecular complexity index is 922. The zero-order valence-corrected chi connectivity index (χ0v) is 16.8. The maximum absolute atomic E-state index is 12.6. The third-order valence-corrected chi connectivity index (χ3v) is 4.84. The van der Waals surface area contributed by atoms with Crippen LogP contribution in [0.1, 0.15) is 24.8 Å². The van der Waals surface area contributed by atoms with Crippen molar-refractivity contribution in [2.24, 2.45) is 0 Å². The molecule has 1 heterocycles. The normalized spacial score (nSPS) is 10.7. The van der Waals surface area contributed by atoms with Crippen LogP contribution in [0.15, 0.2) is 59.1 Å². The van der Waals surface area contributed by atoms with E-state index in [9.17, 15) is 4.79 Å². The minimum absolute atomic E-state index is 0.0656. The van der Waals surface area contributed by atoms with Crippen molar-refractivity contribution in [2.75, 3.05) is 13.7 Å². The maximum atomic E-state index is 12.6. The van der Waals surface area contributed by atoms with Crippen molar-refractivity contribution >= 4 is 17.5 Å². The summed E-state index contributed by atoms with van der Waals surface area (Å²) in [5.41, 5.74) is 1.86. The fourth-order valence-electron chi connectivity index (χ4n) is 2.91. The third-order valence-electron chi connectivity index (χ3n) is 4.51. The van der Waals surface area contributed by atoms with Gasteiger partial charge >= 0.3 is 0 Å².